The molecule has 0 heterocycles. The monoisotopic (exact) mass is 307 g/mol. The lowest BCUT2D eigenvalue weighted by Crippen LogP contribution is -2.18. The van der Waals surface area contributed by atoms with Crippen LogP contribution in [0, 0.1) is 11.3 Å². The first-order valence-electron chi connectivity index (χ1n) is 5.40. The highest BCUT2D eigenvalue weighted by Crippen LogP contribution is 2.34. The Morgan fingerprint density at radius 3 is 2.60 bits per heavy atom. The molecule has 0 N–H and O–H groups in total. The minimum Gasteiger partial charge on any atom is -0.466 e. The van der Waals surface area contributed by atoms with Crippen LogP contribution in [0.25, 0.3) is 0 Å². The van der Waals surface area contributed by atoms with E-state index in [0.29, 0.717) is 0 Å². The standard InChI is InChI=1S/C12H9ClF3NO3/c1-2-19-10(18)5-7-3-8(6-17)11(13)9(4-7)20-12(14,15)16/h3-4H,2,5H2,1H3. The van der Waals surface area contributed by atoms with Gasteiger partial charge in [-0.1, -0.05) is 11.6 Å². The van der Waals surface area contributed by atoms with Crippen molar-refractivity contribution in [3.8, 4) is 11.8 Å². The highest BCUT2D eigenvalue weighted by atomic mass is 35.5. The molecule has 0 unspecified atom stereocenters. The number of halogens is 4. The largest absolute Gasteiger partial charge is 0.573 e. The number of carbonyl (C=O) groups excluding carboxylic acids is 1. The molecule has 0 amide bonds. The first-order valence-corrected chi connectivity index (χ1v) is 5.78. The minimum atomic E-state index is -4.95. The summed E-state index contributed by atoms with van der Waals surface area (Å²) >= 11 is 5.62. The summed E-state index contributed by atoms with van der Waals surface area (Å²) in [6.45, 7) is 1.74. The van der Waals surface area contributed by atoms with Crippen LogP contribution in [-0.4, -0.2) is 18.9 Å². The topological polar surface area (TPSA) is 59.3 Å². The highest BCUT2D eigenvalue weighted by Gasteiger charge is 2.32. The maximum Gasteiger partial charge on any atom is 0.573 e. The van der Waals surface area contributed by atoms with Crippen molar-refractivity contribution in [1.82, 2.24) is 0 Å². The van der Waals surface area contributed by atoms with Crippen LogP contribution in [-0.2, 0) is 16.0 Å². The Bertz CT molecular complexity index is 552. The van der Waals surface area contributed by atoms with Crippen LogP contribution in [0.4, 0.5) is 13.2 Å². The molecule has 1 rings (SSSR count). The summed E-state index contributed by atoms with van der Waals surface area (Å²) in [6, 6.07) is 3.80. The number of rotatable bonds is 4. The SMILES string of the molecule is CCOC(=O)Cc1cc(C#N)c(Cl)c(OC(F)(F)F)c1. The Balaban J connectivity index is 3.12. The predicted octanol–water partition coefficient (Wildman–Crippen LogP) is 3.22. The zero-order chi connectivity index (χ0) is 15.3. The van der Waals surface area contributed by atoms with Gasteiger partial charge in [-0.2, -0.15) is 5.26 Å². The van der Waals surface area contributed by atoms with Gasteiger partial charge in [-0.25, -0.2) is 0 Å². The maximum absolute atomic E-state index is 12.2. The fourth-order valence-corrected chi connectivity index (χ4v) is 1.61. The van der Waals surface area contributed by atoms with Crippen LogP contribution < -0.4 is 4.74 Å². The molecular formula is C12H9ClF3NO3. The number of carbonyl (C=O) groups is 1. The van der Waals surface area contributed by atoms with Crippen LogP contribution in [0.2, 0.25) is 5.02 Å². The van der Waals surface area contributed by atoms with Crippen LogP contribution in [0.3, 0.4) is 0 Å². The number of esters is 1. The number of hydrogen-bond acceptors (Lipinski definition) is 4. The van der Waals surface area contributed by atoms with Crippen LogP contribution in [0.1, 0.15) is 18.1 Å². The summed E-state index contributed by atoms with van der Waals surface area (Å²) in [7, 11) is 0. The molecule has 8 heteroatoms. The van der Waals surface area contributed by atoms with Gasteiger partial charge in [-0.15, -0.1) is 13.2 Å². The molecular weight excluding hydrogens is 299 g/mol. The lowest BCUT2D eigenvalue weighted by Gasteiger charge is -2.12. The van der Waals surface area contributed by atoms with Crippen LogP contribution in [0.15, 0.2) is 12.1 Å². The zero-order valence-electron chi connectivity index (χ0n) is 10.3. The van der Waals surface area contributed by atoms with E-state index in [9.17, 15) is 18.0 Å². The first kappa shape index (κ1) is 16.1. The Hall–Kier alpha value is -1.94. The Morgan fingerprint density at radius 1 is 1.45 bits per heavy atom. The molecule has 0 bridgehead atoms. The van der Waals surface area contributed by atoms with Gasteiger partial charge >= 0.3 is 12.3 Å². The number of hydrogen-bond donors (Lipinski definition) is 0. The second kappa shape index (κ2) is 6.48. The van der Waals surface area contributed by atoms with Crippen LogP contribution >= 0.6 is 11.6 Å². The molecule has 0 spiro atoms. The van der Waals surface area contributed by atoms with Crippen molar-refractivity contribution < 1.29 is 27.4 Å². The fourth-order valence-electron chi connectivity index (χ4n) is 1.42. The molecule has 0 atom stereocenters. The number of nitrogens with zero attached hydrogens (tertiary/aromatic N) is 1. The van der Waals surface area contributed by atoms with Gasteiger partial charge in [-0.3, -0.25) is 4.79 Å². The van der Waals surface area contributed by atoms with Gasteiger partial charge in [0.2, 0.25) is 0 Å². The molecule has 20 heavy (non-hydrogen) atoms. The fraction of sp³-hybridized carbons (Fsp3) is 0.333. The van der Waals surface area contributed by atoms with Crippen molar-refractivity contribution in [3.63, 3.8) is 0 Å². The van der Waals surface area contributed by atoms with Crippen molar-refractivity contribution in [3.05, 3.63) is 28.3 Å². The summed E-state index contributed by atoms with van der Waals surface area (Å²) in [5.74, 6) is -1.35. The lowest BCUT2D eigenvalue weighted by atomic mass is 10.1. The quantitative estimate of drug-likeness (QED) is 0.801. The van der Waals surface area contributed by atoms with E-state index in [4.69, 9.17) is 16.9 Å². The lowest BCUT2D eigenvalue weighted by molar-refractivity contribution is -0.274. The van der Waals surface area contributed by atoms with Crippen molar-refractivity contribution >= 4 is 17.6 Å². The van der Waals surface area contributed by atoms with Crippen LogP contribution in [0.5, 0.6) is 5.75 Å². The summed E-state index contributed by atoms with van der Waals surface area (Å²) in [6.07, 6.45) is -5.23. The molecule has 0 aliphatic heterocycles. The highest BCUT2D eigenvalue weighted by molar-refractivity contribution is 6.33. The molecule has 0 aliphatic carbocycles. The average Bonchev–Trinajstić information content (AvgIpc) is 2.31. The third-order valence-corrected chi connectivity index (χ3v) is 2.49. The molecule has 0 radical (unpaired) electrons. The van der Waals surface area contributed by atoms with E-state index in [1.807, 2.05) is 0 Å². The van der Waals surface area contributed by atoms with Crippen molar-refractivity contribution in [2.24, 2.45) is 0 Å². The maximum atomic E-state index is 12.2. The Kier molecular flexibility index (Phi) is 5.22. The van der Waals surface area contributed by atoms with E-state index in [2.05, 4.69) is 9.47 Å². The zero-order valence-corrected chi connectivity index (χ0v) is 11.0. The Labute approximate surface area is 117 Å². The van der Waals surface area contributed by atoms with E-state index in [0.717, 1.165) is 6.07 Å². The molecule has 1 aromatic carbocycles. The molecule has 0 aliphatic rings. The molecule has 108 valence electrons. The van der Waals surface area contributed by atoms with E-state index in [1.54, 1.807) is 13.0 Å². The van der Waals surface area contributed by atoms with Crippen molar-refractivity contribution in [2.45, 2.75) is 19.7 Å². The number of alkyl halides is 3. The third-order valence-electron chi connectivity index (χ3n) is 2.10. The summed E-state index contributed by atoms with van der Waals surface area (Å²) in [5, 5.41) is 8.36. The van der Waals surface area contributed by atoms with E-state index >= 15 is 0 Å². The van der Waals surface area contributed by atoms with Crippen molar-refractivity contribution in [2.75, 3.05) is 6.61 Å². The van der Waals surface area contributed by atoms with Gasteiger partial charge in [-0.05, 0) is 24.6 Å². The number of ether oxygens (including phenoxy) is 2. The molecule has 1 aromatic rings. The number of nitriles is 1. The molecule has 0 saturated heterocycles. The second-order valence-electron chi connectivity index (χ2n) is 3.60. The molecule has 4 nitrogen and oxygen atoms in total. The summed E-state index contributed by atoms with van der Waals surface area (Å²) in [4.78, 5) is 11.3. The first-order chi connectivity index (χ1) is 9.26. The molecule has 0 aromatic heterocycles. The van der Waals surface area contributed by atoms with Gasteiger partial charge in [0.1, 0.15) is 16.8 Å². The summed E-state index contributed by atoms with van der Waals surface area (Å²) < 4.78 is 45.0. The predicted molar refractivity (Wildman–Crippen MR) is 63.2 cm³/mol. The van der Waals surface area contributed by atoms with Gasteiger partial charge in [0.05, 0.1) is 18.6 Å². The van der Waals surface area contributed by atoms with E-state index < -0.39 is 23.1 Å². The normalized spacial score (nSPS) is 10.8. The summed E-state index contributed by atoms with van der Waals surface area (Å²) in [5.41, 5.74) is -0.0728. The van der Waals surface area contributed by atoms with E-state index in [-0.39, 0.29) is 24.2 Å². The molecule has 0 fully saturated rings. The minimum absolute atomic E-state index is 0.142. The van der Waals surface area contributed by atoms with Gasteiger partial charge < -0.3 is 9.47 Å². The number of benzene rings is 1. The van der Waals surface area contributed by atoms with Crippen molar-refractivity contribution in [1.29, 1.82) is 5.26 Å². The average molecular weight is 308 g/mol. The van der Waals surface area contributed by atoms with Gasteiger partial charge in [0.25, 0.3) is 0 Å². The van der Waals surface area contributed by atoms with Gasteiger partial charge in [0.15, 0.2) is 0 Å². The van der Waals surface area contributed by atoms with Gasteiger partial charge in [0, 0.05) is 0 Å². The Morgan fingerprint density at radius 2 is 2.10 bits per heavy atom. The smallest absolute Gasteiger partial charge is 0.466 e. The second-order valence-corrected chi connectivity index (χ2v) is 3.97. The van der Waals surface area contributed by atoms with E-state index in [1.165, 1.54) is 6.07 Å². The third kappa shape index (κ3) is 4.63. The molecule has 0 saturated carbocycles.